The molecule has 134 valence electrons. The Kier molecular flexibility index (Phi) is 15.4. The van der Waals surface area contributed by atoms with Gasteiger partial charge in [0.1, 0.15) is 0 Å². The second-order valence-corrected chi connectivity index (χ2v) is 6.27. The van der Waals surface area contributed by atoms with Crippen molar-refractivity contribution in [2.45, 2.75) is 13.8 Å². The minimum Gasteiger partial charge on any atom is -1.00 e. The van der Waals surface area contributed by atoms with Crippen LogP contribution in [0.3, 0.4) is 0 Å². The van der Waals surface area contributed by atoms with Crippen molar-refractivity contribution in [3.63, 3.8) is 0 Å². The first-order chi connectivity index (χ1) is 9.52. The van der Waals surface area contributed by atoms with Gasteiger partial charge in [0.2, 0.25) is 0 Å². The Morgan fingerprint density at radius 1 is 0.792 bits per heavy atom. The zero-order chi connectivity index (χ0) is 14.7. The van der Waals surface area contributed by atoms with Gasteiger partial charge in [-0.15, -0.1) is 0 Å². The van der Waals surface area contributed by atoms with E-state index in [1.807, 2.05) is 24.5 Å². The molecule has 0 spiro atoms. The Hall–Kier alpha value is -0.317. The Morgan fingerprint density at radius 3 is 1.38 bits per heavy atom. The zero-order valence-corrected chi connectivity index (χ0v) is 18.4. The van der Waals surface area contributed by atoms with Gasteiger partial charge >= 0.3 is 19.5 Å². The second kappa shape index (κ2) is 13.0. The van der Waals surface area contributed by atoms with Gasteiger partial charge in [-0.05, 0) is 37.1 Å². The van der Waals surface area contributed by atoms with Crippen LogP contribution in [0.25, 0.3) is 21.8 Å². The van der Waals surface area contributed by atoms with Crippen LogP contribution in [0.5, 0.6) is 0 Å². The van der Waals surface area contributed by atoms with E-state index < -0.39 is 10.8 Å². The van der Waals surface area contributed by atoms with Crippen molar-refractivity contribution in [1.29, 1.82) is 0 Å². The summed E-state index contributed by atoms with van der Waals surface area (Å²) in [5.74, 6) is 0. The molecule has 3 aromatic rings. The standard InChI is InChI=1S/C14H12N2.C2H6OS.3ClH.Rh/c1-9-10(2)12-6-4-8-16-14(12)13-11(9)5-3-7-15-13;1-4(2)3;;;;/h3-8H,1-2H3;1-2H3;3*1H;/q;;;;;+3/p-3. The van der Waals surface area contributed by atoms with E-state index in [9.17, 15) is 4.21 Å². The SMILES string of the molecule is CS(C)=O.Cc1c(C)c2cccnc2c2ncccc12.[Cl-].[Cl-].[Cl-].[Rh+3]. The van der Waals surface area contributed by atoms with E-state index in [1.54, 1.807) is 12.5 Å². The quantitative estimate of drug-likeness (QED) is 0.231. The summed E-state index contributed by atoms with van der Waals surface area (Å²) < 4.78 is 9.56. The third-order valence-electron chi connectivity index (χ3n) is 3.21. The minimum absolute atomic E-state index is 0. The van der Waals surface area contributed by atoms with Crippen LogP contribution in [0.2, 0.25) is 0 Å². The molecule has 0 radical (unpaired) electrons. The number of benzene rings is 1. The van der Waals surface area contributed by atoms with E-state index in [1.165, 1.54) is 21.9 Å². The van der Waals surface area contributed by atoms with Gasteiger partial charge in [-0.1, -0.05) is 12.1 Å². The van der Waals surface area contributed by atoms with Gasteiger partial charge in [0.25, 0.3) is 0 Å². The van der Waals surface area contributed by atoms with Crippen LogP contribution < -0.4 is 37.2 Å². The summed E-state index contributed by atoms with van der Waals surface area (Å²) in [6, 6.07) is 8.17. The smallest absolute Gasteiger partial charge is 1.00 e. The van der Waals surface area contributed by atoms with E-state index in [4.69, 9.17) is 0 Å². The summed E-state index contributed by atoms with van der Waals surface area (Å²) in [6.45, 7) is 4.29. The molecule has 2 heterocycles. The fourth-order valence-corrected chi connectivity index (χ4v) is 2.20. The van der Waals surface area contributed by atoms with Crippen molar-refractivity contribution in [1.82, 2.24) is 9.97 Å². The van der Waals surface area contributed by atoms with Gasteiger partial charge in [0.05, 0.1) is 11.0 Å². The largest absolute Gasteiger partial charge is 3.00 e. The Balaban J connectivity index is -0.000000504. The maximum atomic E-state index is 9.56. The number of fused-ring (bicyclic) bond motifs is 3. The summed E-state index contributed by atoms with van der Waals surface area (Å²) >= 11 is 0. The zero-order valence-electron chi connectivity index (χ0n) is 13.6. The van der Waals surface area contributed by atoms with Crippen LogP contribution in [0, 0.1) is 13.8 Å². The number of hydrogen-bond donors (Lipinski definition) is 0. The monoisotopic (exact) mass is 494 g/mol. The predicted octanol–water partition coefficient (Wildman–Crippen LogP) is -5.60. The maximum absolute atomic E-state index is 9.56. The van der Waals surface area contributed by atoms with E-state index in [-0.39, 0.29) is 56.7 Å². The summed E-state index contributed by atoms with van der Waals surface area (Å²) in [4.78, 5) is 8.90. The number of hydrogen-bond acceptors (Lipinski definition) is 3. The molecule has 0 atom stereocenters. The third kappa shape index (κ3) is 6.53. The number of rotatable bonds is 0. The van der Waals surface area contributed by atoms with E-state index in [0.29, 0.717) is 0 Å². The summed E-state index contributed by atoms with van der Waals surface area (Å²) in [6.07, 6.45) is 6.93. The molecule has 0 unspecified atom stereocenters. The predicted molar refractivity (Wildman–Crippen MR) is 86.5 cm³/mol. The molecule has 3 rings (SSSR count). The maximum Gasteiger partial charge on any atom is 3.00 e. The van der Waals surface area contributed by atoms with Crippen LogP contribution in [0.1, 0.15) is 11.1 Å². The molecule has 1 aromatic carbocycles. The van der Waals surface area contributed by atoms with Gasteiger partial charge in [-0.2, -0.15) is 0 Å². The van der Waals surface area contributed by atoms with Gasteiger partial charge in [0.15, 0.2) is 0 Å². The van der Waals surface area contributed by atoms with Crippen molar-refractivity contribution < 1.29 is 60.9 Å². The van der Waals surface area contributed by atoms with Crippen molar-refractivity contribution in [3.05, 3.63) is 47.8 Å². The fourth-order valence-electron chi connectivity index (χ4n) is 2.20. The molecule has 0 aliphatic carbocycles. The number of halogens is 3. The molecular weight excluding hydrogens is 478 g/mol. The van der Waals surface area contributed by atoms with Crippen LogP contribution in [0.15, 0.2) is 36.7 Å². The molecule has 0 N–H and O–H groups in total. The van der Waals surface area contributed by atoms with Crippen LogP contribution in [-0.2, 0) is 30.3 Å². The van der Waals surface area contributed by atoms with Crippen molar-refractivity contribution >= 4 is 32.6 Å². The second-order valence-electron chi connectivity index (χ2n) is 4.79. The topological polar surface area (TPSA) is 42.9 Å². The molecule has 0 bridgehead atoms. The number of aryl methyl sites for hydroxylation is 2. The van der Waals surface area contributed by atoms with Gasteiger partial charge in [-0.25, -0.2) is 0 Å². The molecule has 8 heteroatoms. The van der Waals surface area contributed by atoms with Crippen molar-refractivity contribution in [2.75, 3.05) is 12.5 Å². The average Bonchev–Trinajstić information content (AvgIpc) is 2.44. The first-order valence-electron chi connectivity index (χ1n) is 6.36. The Labute approximate surface area is 176 Å². The molecule has 2 aromatic heterocycles. The summed E-state index contributed by atoms with van der Waals surface area (Å²) in [5, 5.41) is 2.40. The number of pyridine rings is 2. The van der Waals surface area contributed by atoms with E-state index in [0.717, 1.165) is 11.0 Å². The third-order valence-corrected chi connectivity index (χ3v) is 3.21. The fraction of sp³-hybridized carbons (Fsp3) is 0.250. The van der Waals surface area contributed by atoms with Crippen LogP contribution in [-0.4, -0.2) is 26.7 Å². The first-order valence-corrected chi connectivity index (χ1v) is 8.32. The van der Waals surface area contributed by atoms with Gasteiger partial charge in [0, 0.05) is 46.5 Å². The molecule has 24 heavy (non-hydrogen) atoms. The molecule has 0 fully saturated rings. The van der Waals surface area contributed by atoms with Crippen LogP contribution >= 0.6 is 0 Å². The molecule has 0 aliphatic heterocycles. The van der Waals surface area contributed by atoms with Crippen molar-refractivity contribution in [2.24, 2.45) is 0 Å². The number of aromatic nitrogens is 2. The minimum atomic E-state index is -0.611. The van der Waals surface area contributed by atoms with E-state index >= 15 is 0 Å². The van der Waals surface area contributed by atoms with E-state index in [2.05, 4.69) is 35.9 Å². The molecule has 0 aliphatic rings. The van der Waals surface area contributed by atoms with Gasteiger partial charge < -0.3 is 37.2 Å². The van der Waals surface area contributed by atoms with Crippen LogP contribution in [0.4, 0.5) is 0 Å². The molecule has 0 saturated carbocycles. The Morgan fingerprint density at radius 2 is 1.08 bits per heavy atom. The summed E-state index contributed by atoms with van der Waals surface area (Å²) in [5.41, 5.74) is 4.59. The summed E-state index contributed by atoms with van der Waals surface area (Å²) in [7, 11) is -0.611. The van der Waals surface area contributed by atoms with Crippen molar-refractivity contribution in [3.8, 4) is 0 Å². The molecule has 0 amide bonds. The molecule has 0 saturated heterocycles. The van der Waals surface area contributed by atoms with Gasteiger partial charge in [-0.3, -0.25) is 14.2 Å². The molecular formula is C16H18Cl3N2ORhS. The number of nitrogens with zero attached hydrogens (tertiary/aromatic N) is 2. The first kappa shape index (κ1) is 28.5. The average molecular weight is 496 g/mol. The normalized spacial score (nSPS) is 8.88. The Bertz CT molecular complexity index is 738. The molecule has 3 nitrogen and oxygen atoms in total.